The van der Waals surface area contributed by atoms with E-state index in [0.29, 0.717) is 13.0 Å². The van der Waals surface area contributed by atoms with Gasteiger partial charge in [0, 0.05) is 25.7 Å². The van der Waals surface area contributed by atoms with E-state index in [2.05, 4.69) is 5.43 Å². The van der Waals surface area contributed by atoms with Crippen LogP contribution < -0.4 is 20.9 Å². The molecule has 0 saturated carbocycles. The number of amides is 1. The van der Waals surface area contributed by atoms with Crippen molar-refractivity contribution in [3.05, 3.63) is 24.3 Å². The number of nitrogens with two attached hydrogens (primary N) is 1. The van der Waals surface area contributed by atoms with Gasteiger partial charge in [-0.25, -0.2) is 5.84 Å². The summed E-state index contributed by atoms with van der Waals surface area (Å²) in [4.78, 5) is 12.9. The predicted molar refractivity (Wildman–Crippen MR) is 63.2 cm³/mol. The van der Waals surface area contributed by atoms with Crippen molar-refractivity contribution in [2.24, 2.45) is 5.84 Å². The third-order valence-electron chi connectivity index (χ3n) is 2.35. The molecule has 0 aliphatic heterocycles. The van der Waals surface area contributed by atoms with Crippen LogP contribution in [0.25, 0.3) is 0 Å². The number of nitrogens with one attached hydrogen (secondary N) is 1. The minimum Gasteiger partial charge on any atom is -0.497 e. The number of carbonyl (C=O) groups excluding carboxylic acids is 1. The molecule has 1 aromatic carbocycles. The van der Waals surface area contributed by atoms with Crippen molar-refractivity contribution in [3.8, 4) is 5.75 Å². The minimum atomic E-state index is -0.166. The summed E-state index contributed by atoms with van der Waals surface area (Å²) in [5, 5.41) is 0. The van der Waals surface area contributed by atoms with Crippen LogP contribution in [0.5, 0.6) is 5.75 Å². The van der Waals surface area contributed by atoms with Crippen molar-refractivity contribution in [2.45, 2.75) is 6.42 Å². The number of benzene rings is 1. The Morgan fingerprint density at radius 1 is 1.44 bits per heavy atom. The molecule has 3 N–H and O–H groups in total. The van der Waals surface area contributed by atoms with Gasteiger partial charge in [0.25, 0.3) is 0 Å². The highest BCUT2D eigenvalue weighted by atomic mass is 16.5. The van der Waals surface area contributed by atoms with E-state index in [0.717, 1.165) is 11.4 Å². The Labute approximate surface area is 95.2 Å². The minimum absolute atomic E-state index is 0.166. The first-order valence-electron chi connectivity index (χ1n) is 5.02. The van der Waals surface area contributed by atoms with Crippen molar-refractivity contribution < 1.29 is 9.53 Å². The first kappa shape index (κ1) is 12.3. The maximum Gasteiger partial charge on any atom is 0.235 e. The molecule has 1 rings (SSSR count). The molecule has 0 bridgehead atoms. The van der Waals surface area contributed by atoms with Crippen LogP contribution in [0.2, 0.25) is 0 Å². The highest BCUT2D eigenvalue weighted by Crippen LogP contribution is 2.17. The molecular weight excluding hydrogens is 206 g/mol. The number of rotatable bonds is 5. The maximum absolute atomic E-state index is 11.0. The molecule has 1 aromatic rings. The van der Waals surface area contributed by atoms with E-state index < -0.39 is 0 Å². The summed E-state index contributed by atoms with van der Waals surface area (Å²) < 4.78 is 5.07. The topological polar surface area (TPSA) is 67.6 Å². The second-order valence-electron chi connectivity index (χ2n) is 3.44. The smallest absolute Gasteiger partial charge is 0.235 e. The van der Waals surface area contributed by atoms with Gasteiger partial charge >= 0.3 is 0 Å². The maximum atomic E-state index is 11.0. The molecule has 0 radical (unpaired) electrons. The normalized spacial score (nSPS) is 9.69. The molecular formula is C11H17N3O2. The molecule has 0 spiro atoms. The van der Waals surface area contributed by atoms with Crippen molar-refractivity contribution in [1.29, 1.82) is 0 Å². The molecule has 0 fully saturated rings. The number of nitrogens with zero attached hydrogens (tertiary/aromatic N) is 1. The number of ether oxygens (including phenoxy) is 1. The number of methoxy groups -OCH3 is 1. The lowest BCUT2D eigenvalue weighted by atomic mass is 10.2. The van der Waals surface area contributed by atoms with Gasteiger partial charge in [0.1, 0.15) is 5.75 Å². The molecule has 0 atom stereocenters. The van der Waals surface area contributed by atoms with Gasteiger partial charge in [0.05, 0.1) is 7.11 Å². The average Bonchev–Trinajstić information content (AvgIpc) is 2.35. The number of anilines is 1. The molecule has 88 valence electrons. The highest BCUT2D eigenvalue weighted by Gasteiger charge is 2.04. The number of carbonyl (C=O) groups is 1. The van der Waals surface area contributed by atoms with Gasteiger partial charge in [-0.2, -0.15) is 0 Å². The van der Waals surface area contributed by atoms with Gasteiger partial charge in [-0.15, -0.1) is 0 Å². The predicted octanol–water partition coefficient (Wildman–Crippen LogP) is 0.511. The second kappa shape index (κ2) is 5.97. The second-order valence-corrected chi connectivity index (χ2v) is 3.44. The summed E-state index contributed by atoms with van der Waals surface area (Å²) in [6.45, 7) is 0.620. The van der Waals surface area contributed by atoms with E-state index in [-0.39, 0.29) is 5.91 Å². The molecule has 0 aromatic heterocycles. The van der Waals surface area contributed by atoms with Crippen LogP contribution in [0.3, 0.4) is 0 Å². The van der Waals surface area contributed by atoms with Crippen LogP contribution in [-0.2, 0) is 4.79 Å². The zero-order valence-corrected chi connectivity index (χ0v) is 9.56. The monoisotopic (exact) mass is 223 g/mol. The Kier molecular flexibility index (Phi) is 4.60. The van der Waals surface area contributed by atoms with E-state index in [1.165, 1.54) is 0 Å². The van der Waals surface area contributed by atoms with Crippen LogP contribution in [0.15, 0.2) is 24.3 Å². The van der Waals surface area contributed by atoms with Gasteiger partial charge < -0.3 is 9.64 Å². The van der Waals surface area contributed by atoms with E-state index >= 15 is 0 Å². The molecule has 0 unspecified atom stereocenters. The Bertz CT molecular complexity index is 338. The van der Waals surface area contributed by atoms with Crippen LogP contribution >= 0.6 is 0 Å². The molecule has 0 saturated heterocycles. The molecule has 16 heavy (non-hydrogen) atoms. The van der Waals surface area contributed by atoms with Crippen molar-refractivity contribution >= 4 is 11.6 Å². The SMILES string of the molecule is COc1ccc(N(C)CCC(=O)NN)cc1. The van der Waals surface area contributed by atoms with Crippen LogP contribution in [0.4, 0.5) is 5.69 Å². The third-order valence-corrected chi connectivity index (χ3v) is 2.35. The fourth-order valence-corrected chi connectivity index (χ4v) is 1.31. The summed E-state index contributed by atoms with van der Waals surface area (Å²) in [5.41, 5.74) is 3.14. The summed E-state index contributed by atoms with van der Waals surface area (Å²) in [6.07, 6.45) is 0.374. The van der Waals surface area contributed by atoms with Gasteiger partial charge in [0.15, 0.2) is 0 Å². The summed E-state index contributed by atoms with van der Waals surface area (Å²) in [6, 6.07) is 7.65. The van der Waals surface area contributed by atoms with E-state index in [9.17, 15) is 4.79 Å². The fraction of sp³-hybridized carbons (Fsp3) is 0.364. The standard InChI is InChI=1S/C11H17N3O2/c1-14(8-7-11(15)13-12)9-3-5-10(16-2)6-4-9/h3-6H,7-8,12H2,1-2H3,(H,13,15). The average molecular weight is 223 g/mol. The quantitative estimate of drug-likeness (QED) is 0.433. The van der Waals surface area contributed by atoms with Crippen LogP contribution in [-0.4, -0.2) is 26.6 Å². The molecule has 0 aliphatic rings. The summed E-state index contributed by atoms with van der Waals surface area (Å²) >= 11 is 0. The van der Waals surface area contributed by atoms with Gasteiger partial charge in [-0.1, -0.05) is 0 Å². The fourth-order valence-electron chi connectivity index (χ4n) is 1.31. The zero-order chi connectivity index (χ0) is 12.0. The largest absolute Gasteiger partial charge is 0.497 e. The summed E-state index contributed by atoms with van der Waals surface area (Å²) in [5.74, 6) is 5.65. The third kappa shape index (κ3) is 3.43. The molecule has 5 heteroatoms. The number of hydrogen-bond donors (Lipinski definition) is 2. The lowest BCUT2D eigenvalue weighted by Crippen LogP contribution is -2.33. The Balaban J connectivity index is 2.52. The van der Waals surface area contributed by atoms with E-state index in [4.69, 9.17) is 10.6 Å². The van der Waals surface area contributed by atoms with Gasteiger partial charge in [0.2, 0.25) is 5.91 Å². The molecule has 0 heterocycles. The molecule has 5 nitrogen and oxygen atoms in total. The van der Waals surface area contributed by atoms with Crippen molar-refractivity contribution in [1.82, 2.24) is 5.43 Å². The first-order valence-corrected chi connectivity index (χ1v) is 5.02. The van der Waals surface area contributed by atoms with Crippen LogP contribution in [0.1, 0.15) is 6.42 Å². The van der Waals surface area contributed by atoms with E-state index in [1.807, 2.05) is 36.2 Å². The Hall–Kier alpha value is -1.75. The number of hydrazine groups is 1. The zero-order valence-electron chi connectivity index (χ0n) is 9.56. The van der Waals surface area contributed by atoms with Crippen molar-refractivity contribution in [2.75, 3.05) is 25.6 Å². The van der Waals surface area contributed by atoms with Crippen molar-refractivity contribution in [3.63, 3.8) is 0 Å². The van der Waals surface area contributed by atoms with Crippen LogP contribution in [0, 0.1) is 0 Å². The summed E-state index contributed by atoms with van der Waals surface area (Å²) in [7, 11) is 3.55. The highest BCUT2D eigenvalue weighted by molar-refractivity contribution is 5.75. The molecule has 1 amide bonds. The lowest BCUT2D eigenvalue weighted by molar-refractivity contribution is -0.120. The molecule has 0 aliphatic carbocycles. The van der Waals surface area contributed by atoms with Gasteiger partial charge in [-0.05, 0) is 24.3 Å². The lowest BCUT2D eigenvalue weighted by Gasteiger charge is -2.18. The van der Waals surface area contributed by atoms with Gasteiger partial charge in [-0.3, -0.25) is 10.2 Å². The Morgan fingerprint density at radius 3 is 2.56 bits per heavy atom. The first-order chi connectivity index (χ1) is 7.67. The van der Waals surface area contributed by atoms with E-state index in [1.54, 1.807) is 7.11 Å². The Morgan fingerprint density at radius 2 is 2.06 bits per heavy atom. The number of hydrogen-bond acceptors (Lipinski definition) is 4.